The Balaban J connectivity index is 1.16. The van der Waals surface area contributed by atoms with Gasteiger partial charge in [0.05, 0.1) is 31.6 Å². The fourth-order valence-electron chi connectivity index (χ4n) is 3.85. The molecule has 0 aliphatic carbocycles. The molecule has 2 heterocycles. The number of carbonyl (C=O) groups is 1. The van der Waals surface area contributed by atoms with Crippen LogP contribution in [-0.4, -0.2) is 26.2 Å². The SMILES string of the molecule is O=C(Nc1ccc(-c2nc3ccccc3s2)c(O)c1)Nc1ccc(-c2nc3ccccc3s2)c(O)c1. The molecule has 0 aliphatic rings. The first-order valence-corrected chi connectivity index (χ1v) is 12.6. The van der Waals surface area contributed by atoms with Crippen LogP contribution in [-0.2, 0) is 0 Å². The summed E-state index contributed by atoms with van der Waals surface area (Å²) in [5.74, 6) is 0.0365. The maximum absolute atomic E-state index is 12.5. The van der Waals surface area contributed by atoms with Crippen molar-refractivity contribution in [1.29, 1.82) is 0 Å². The summed E-state index contributed by atoms with van der Waals surface area (Å²) in [7, 11) is 0. The van der Waals surface area contributed by atoms with Crippen molar-refractivity contribution in [2.24, 2.45) is 0 Å². The molecule has 4 aromatic carbocycles. The summed E-state index contributed by atoms with van der Waals surface area (Å²) >= 11 is 2.98. The Hall–Kier alpha value is -4.47. The van der Waals surface area contributed by atoms with Crippen LogP contribution in [0.5, 0.6) is 11.5 Å². The van der Waals surface area contributed by atoms with Gasteiger partial charge in [-0.15, -0.1) is 22.7 Å². The number of urea groups is 1. The van der Waals surface area contributed by atoms with Crippen molar-refractivity contribution in [3.8, 4) is 32.6 Å². The summed E-state index contributed by atoms with van der Waals surface area (Å²) in [5, 5.41) is 27.9. The summed E-state index contributed by atoms with van der Waals surface area (Å²) in [6.45, 7) is 0. The highest BCUT2D eigenvalue weighted by atomic mass is 32.1. The molecule has 6 aromatic rings. The number of thiazole rings is 2. The van der Waals surface area contributed by atoms with E-state index in [4.69, 9.17) is 0 Å². The highest BCUT2D eigenvalue weighted by Gasteiger charge is 2.14. The average Bonchev–Trinajstić information content (AvgIpc) is 3.48. The standard InChI is InChI=1S/C27H18N4O3S2/c32-21-13-15(9-11-17(21)25-30-19-5-1-3-7-23(19)35-25)28-27(34)29-16-10-12-18(22(33)14-16)26-31-20-6-2-4-8-24(20)36-26/h1-14,32-33H,(H2,28,29,34). The number of aromatic hydroxyl groups is 2. The van der Waals surface area contributed by atoms with Gasteiger partial charge in [-0.2, -0.15) is 0 Å². The Morgan fingerprint density at radius 1 is 0.639 bits per heavy atom. The number of nitrogens with one attached hydrogen (secondary N) is 2. The Labute approximate surface area is 213 Å². The molecule has 0 atom stereocenters. The highest BCUT2D eigenvalue weighted by molar-refractivity contribution is 7.22. The Morgan fingerprint density at radius 3 is 1.50 bits per heavy atom. The molecule has 4 N–H and O–H groups in total. The summed E-state index contributed by atoms with van der Waals surface area (Å²) < 4.78 is 2.07. The number of hydrogen-bond acceptors (Lipinski definition) is 7. The average molecular weight is 511 g/mol. The molecule has 0 unspecified atom stereocenters. The minimum atomic E-state index is -0.505. The number of anilines is 2. The lowest BCUT2D eigenvalue weighted by molar-refractivity contribution is 0.262. The topological polar surface area (TPSA) is 107 Å². The molecule has 0 saturated heterocycles. The van der Waals surface area contributed by atoms with Crippen molar-refractivity contribution in [1.82, 2.24) is 9.97 Å². The fraction of sp³-hybridized carbons (Fsp3) is 0. The number of phenols is 2. The van der Waals surface area contributed by atoms with Gasteiger partial charge in [0.1, 0.15) is 21.5 Å². The molecule has 0 radical (unpaired) electrons. The molecular weight excluding hydrogens is 492 g/mol. The van der Waals surface area contributed by atoms with Crippen molar-refractivity contribution in [3.05, 3.63) is 84.9 Å². The molecular formula is C27H18N4O3S2. The van der Waals surface area contributed by atoms with Crippen LogP contribution < -0.4 is 10.6 Å². The molecule has 0 aliphatic heterocycles. The van der Waals surface area contributed by atoms with E-state index in [-0.39, 0.29) is 11.5 Å². The number of fused-ring (bicyclic) bond motifs is 2. The summed E-state index contributed by atoms with van der Waals surface area (Å²) in [6.07, 6.45) is 0. The third-order valence-corrected chi connectivity index (χ3v) is 7.70. The second-order valence-corrected chi connectivity index (χ2v) is 10.1. The molecule has 0 saturated carbocycles. The number of phenolic OH excluding ortho intramolecular Hbond substituents is 2. The van der Waals surface area contributed by atoms with E-state index in [1.165, 1.54) is 34.8 Å². The normalized spacial score (nSPS) is 11.1. The summed E-state index contributed by atoms with van der Waals surface area (Å²) in [4.78, 5) is 21.7. The summed E-state index contributed by atoms with van der Waals surface area (Å²) in [6, 6.07) is 24.9. The largest absolute Gasteiger partial charge is 0.507 e. The fourth-order valence-corrected chi connectivity index (χ4v) is 5.85. The van der Waals surface area contributed by atoms with Crippen molar-refractivity contribution >= 4 is 60.5 Å². The maximum atomic E-state index is 12.5. The van der Waals surface area contributed by atoms with Gasteiger partial charge in [0.15, 0.2) is 0 Å². The predicted octanol–water partition coefficient (Wildman–Crippen LogP) is 7.30. The lowest BCUT2D eigenvalue weighted by atomic mass is 10.2. The van der Waals surface area contributed by atoms with E-state index < -0.39 is 6.03 Å². The molecule has 0 fully saturated rings. The van der Waals surface area contributed by atoms with E-state index in [2.05, 4.69) is 20.6 Å². The first kappa shape index (κ1) is 22.0. The molecule has 0 spiro atoms. The molecule has 2 aromatic heterocycles. The smallest absolute Gasteiger partial charge is 0.323 e. The zero-order chi connectivity index (χ0) is 24.6. The van der Waals surface area contributed by atoms with Crippen LogP contribution in [0.1, 0.15) is 0 Å². The van der Waals surface area contributed by atoms with Crippen molar-refractivity contribution in [2.45, 2.75) is 0 Å². The van der Waals surface area contributed by atoms with Gasteiger partial charge in [-0.25, -0.2) is 14.8 Å². The first-order valence-electron chi connectivity index (χ1n) is 11.0. The number of amides is 2. The minimum absolute atomic E-state index is 0.0182. The zero-order valence-corrected chi connectivity index (χ0v) is 20.2. The zero-order valence-electron chi connectivity index (χ0n) is 18.6. The number of benzene rings is 4. The number of nitrogens with zero attached hydrogens (tertiary/aromatic N) is 2. The van der Waals surface area contributed by atoms with Crippen molar-refractivity contribution in [3.63, 3.8) is 0 Å². The Kier molecular flexibility index (Phi) is 5.48. The van der Waals surface area contributed by atoms with Gasteiger partial charge < -0.3 is 20.8 Å². The number of rotatable bonds is 4. The molecule has 2 amide bonds. The van der Waals surface area contributed by atoms with Crippen LogP contribution in [0.4, 0.5) is 16.2 Å². The first-order chi connectivity index (χ1) is 17.5. The highest BCUT2D eigenvalue weighted by Crippen LogP contribution is 2.38. The van der Waals surface area contributed by atoms with Gasteiger partial charge in [0.25, 0.3) is 0 Å². The van der Waals surface area contributed by atoms with Crippen LogP contribution >= 0.6 is 22.7 Å². The van der Waals surface area contributed by atoms with Crippen molar-refractivity contribution < 1.29 is 15.0 Å². The minimum Gasteiger partial charge on any atom is -0.507 e. The number of aromatic nitrogens is 2. The van der Waals surface area contributed by atoms with E-state index >= 15 is 0 Å². The van der Waals surface area contributed by atoms with Crippen molar-refractivity contribution in [2.75, 3.05) is 10.6 Å². The van der Waals surface area contributed by atoms with Gasteiger partial charge in [-0.3, -0.25) is 0 Å². The second kappa shape index (κ2) is 8.95. The quantitative estimate of drug-likeness (QED) is 0.199. The molecule has 9 heteroatoms. The molecule has 36 heavy (non-hydrogen) atoms. The lowest BCUT2D eigenvalue weighted by Gasteiger charge is -2.10. The third kappa shape index (κ3) is 4.21. The van der Waals surface area contributed by atoms with Gasteiger partial charge in [0, 0.05) is 23.5 Å². The van der Waals surface area contributed by atoms with E-state index in [1.54, 1.807) is 24.3 Å². The van der Waals surface area contributed by atoms with Gasteiger partial charge in [0.2, 0.25) is 0 Å². The number of carbonyl (C=O) groups excluding carboxylic acids is 1. The second-order valence-electron chi connectivity index (χ2n) is 8.02. The van der Waals surface area contributed by atoms with E-state index in [0.29, 0.717) is 32.5 Å². The van der Waals surface area contributed by atoms with Gasteiger partial charge in [-0.1, -0.05) is 24.3 Å². The predicted molar refractivity (Wildman–Crippen MR) is 146 cm³/mol. The van der Waals surface area contributed by atoms with Crippen LogP contribution in [0, 0.1) is 0 Å². The Morgan fingerprint density at radius 2 is 1.08 bits per heavy atom. The number of hydrogen-bond donors (Lipinski definition) is 4. The Bertz CT molecular complexity index is 1570. The van der Waals surface area contributed by atoms with E-state index in [9.17, 15) is 15.0 Å². The molecule has 0 bridgehead atoms. The van der Waals surface area contributed by atoms with Crippen LogP contribution in [0.15, 0.2) is 84.9 Å². The van der Waals surface area contributed by atoms with Crippen LogP contribution in [0.3, 0.4) is 0 Å². The number of para-hydroxylation sites is 2. The molecule has 6 rings (SSSR count). The van der Waals surface area contributed by atoms with E-state index in [1.807, 2.05) is 48.5 Å². The third-order valence-electron chi connectivity index (χ3n) is 5.56. The molecule has 7 nitrogen and oxygen atoms in total. The van der Waals surface area contributed by atoms with Gasteiger partial charge >= 0.3 is 6.03 Å². The maximum Gasteiger partial charge on any atom is 0.323 e. The monoisotopic (exact) mass is 510 g/mol. The van der Waals surface area contributed by atoms with Gasteiger partial charge in [-0.05, 0) is 48.5 Å². The van der Waals surface area contributed by atoms with Crippen LogP contribution in [0.2, 0.25) is 0 Å². The molecule has 176 valence electrons. The van der Waals surface area contributed by atoms with Crippen LogP contribution in [0.25, 0.3) is 41.6 Å². The van der Waals surface area contributed by atoms with E-state index in [0.717, 1.165) is 20.4 Å². The lowest BCUT2D eigenvalue weighted by Crippen LogP contribution is -2.19. The summed E-state index contributed by atoms with van der Waals surface area (Å²) in [5.41, 5.74) is 3.78.